The Morgan fingerprint density at radius 2 is 2.05 bits per heavy atom. The molecule has 0 aromatic heterocycles. The van der Waals surface area contributed by atoms with Crippen LogP contribution >= 0.6 is 0 Å². The molecule has 1 unspecified atom stereocenters. The van der Waals surface area contributed by atoms with Gasteiger partial charge in [-0.25, -0.2) is 4.79 Å². The number of benzene rings is 1. The van der Waals surface area contributed by atoms with Gasteiger partial charge in [0.1, 0.15) is 0 Å². The lowest BCUT2D eigenvalue weighted by molar-refractivity contribution is 0.209. The molecule has 2 N–H and O–H groups in total. The second kappa shape index (κ2) is 5.34. The molecule has 0 radical (unpaired) electrons. The summed E-state index contributed by atoms with van der Waals surface area (Å²) in [5.74, 6) is 0. The van der Waals surface area contributed by atoms with Crippen LogP contribution in [0.2, 0.25) is 0 Å². The highest BCUT2D eigenvalue weighted by Gasteiger charge is 2.44. The van der Waals surface area contributed by atoms with Gasteiger partial charge in [0.2, 0.25) is 0 Å². The summed E-state index contributed by atoms with van der Waals surface area (Å²) < 4.78 is 0. The van der Waals surface area contributed by atoms with Crippen molar-refractivity contribution in [2.24, 2.45) is 0 Å². The number of aryl methyl sites for hydroxylation is 1. The van der Waals surface area contributed by atoms with E-state index in [1.165, 1.54) is 16.7 Å². The average molecular weight is 287 g/mol. The minimum atomic E-state index is -0.00144. The van der Waals surface area contributed by atoms with Gasteiger partial charge < -0.3 is 15.5 Å². The van der Waals surface area contributed by atoms with Crippen LogP contribution in [0.15, 0.2) is 18.2 Å². The van der Waals surface area contributed by atoms with Crippen molar-refractivity contribution >= 4 is 6.03 Å². The molecule has 1 saturated heterocycles. The van der Waals surface area contributed by atoms with E-state index in [9.17, 15) is 4.79 Å². The third-order valence-corrected chi connectivity index (χ3v) is 5.01. The summed E-state index contributed by atoms with van der Waals surface area (Å²) in [6.07, 6.45) is 3.36. The predicted molar refractivity (Wildman–Crippen MR) is 84.5 cm³/mol. The minimum absolute atomic E-state index is 0.00144. The molecule has 114 valence electrons. The second-order valence-electron chi connectivity index (χ2n) is 6.72. The zero-order valence-electron chi connectivity index (χ0n) is 13.2. The van der Waals surface area contributed by atoms with Crippen LogP contribution in [0.4, 0.5) is 4.79 Å². The number of carbonyl (C=O) groups excluding carboxylic acids is 1. The molecule has 1 spiro atoms. The molecule has 2 amide bonds. The first kappa shape index (κ1) is 14.4. The van der Waals surface area contributed by atoms with E-state index < -0.39 is 0 Å². The van der Waals surface area contributed by atoms with Crippen LogP contribution in [0.25, 0.3) is 0 Å². The zero-order valence-corrected chi connectivity index (χ0v) is 13.2. The standard InChI is InChI=1S/C17H25N3O/c1-12-4-5-14-13(10-12)15(19-16(21)20(2)3)11-17(14)6-8-18-9-7-17/h4-5,10,15,18H,6-9,11H2,1-3H3,(H,19,21). The van der Waals surface area contributed by atoms with Gasteiger partial charge in [-0.05, 0) is 50.4 Å². The highest BCUT2D eigenvalue weighted by Crippen LogP contribution is 2.50. The van der Waals surface area contributed by atoms with Crippen molar-refractivity contribution in [2.45, 2.75) is 37.6 Å². The maximum atomic E-state index is 12.1. The van der Waals surface area contributed by atoms with Gasteiger partial charge in [-0.3, -0.25) is 0 Å². The molecule has 1 aromatic rings. The van der Waals surface area contributed by atoms with E-state index in [0.717, 1.165) is 32.4 Å². The molecule has 4 heteroatoms. The molecule has 1 aromatic carbocycles. The summed E-state index contributed by atoms with van der Waals surface area (Å²) in [6.45, 7) is 4.27. The molecule has 1 atom stereocenters. The first-order valence-electron chi connectivity index (χ1n) is 7.81. The lowest BCUT2D eigenvalue weighted by Gasteiger charge is -2.35. The Morgan fingerprint density at radius 3 is 2.71 bits per heavy atom. The number of amides is 2. The molecular formula is C17H25N3O. The number of piperidine rings is 1. The number of nitrogens with zero attached hydrogens (tertiary/aromatic N) is 1. The topological polar surface area (TPSA) is 44.4 Å². The van der Waals surface area contributed by atoms with Crippen molar-refractivity contribution in [1.82, 2.24) is 15.5 Å². The van der Waals surface area contributed by atoms with Crippen molar-refractivity contribution < 1.29 is 4.79 Å². The first-order chi connectivity index (χ1) is 10.0. The van der Waals surface area contributed by atoms with Crippen LogP contribution in [0, 0.1) is 6.92 Å². The molecule has 2 aliphatic rings. The Balaban J connectivity index is 1.94. The maximum absolute atomic E-state index is 12.1. The second-order valence-corrected chi connectivity index (χ2v) is 6.72. The predicted octanol–water partition coefficient (Wildman–Crippen LogP) is 2.33. The minimum Gasteiger partial charge on any atom is -0.331 e. The highest BCUT2D eigenvalue weighted by atomic mass is 16.2. The number of urea groups is 1. The quantitative estimate of drug-likeness (QED) is 0.832. The van der Waals surface area contributed by atoms with Gasteiger partial charge in [-0.15, -0.1) is 0 Å². The lowest BCUT2D eigenvalue weighted by atomic mass is 9.74. The Kier molecular flexibility index (Phi) is 3.66. The van der Waals surface area contributed by atoms with Crippen LogP contribution in [0.1, 0.15) is 42.0 Å². The van der Waals surface area contributed by atoms with Crippen LogP contribution in [-0.2, 0) is 5.41 Å². The lowest BCUT2D eigenvalue weighted by Crippen LogP contribution is -2.40. The van der Waals surface area contributed by atoms with Crippen LogP contribution < -0.4 is 10.6 Å². The Labute approximate surface area is 126 Å². The smallest absolute Gasteiger partial charge is 0.317 e. The average Bonchev–Trinajstić information content (AvgIpc) is 2.73. The van der Waals surface area contributed by atoms with E-state index in [4.69, 9.17) is 0 Å². The van der Waals surface area contributed by atoms with Gasteiger partial charge in [-0.2, -0.15) is 0 Å². The third-order valence-electron chi connectivity index (χ3n) is 5.01. The summed E-state index contributed by atoms with van der Waals surface area (Å²) in [6, 6.07) is 6.90. The Bertz CT molecular complexity index is 547. The van der Waals surface area contributed by atoms with Gasteiger partial charge >= 0.3 is 6.03 Å². The third kappa shape index (κ3) is 2.53. The number of nitrogens with one attached hydrogen (secondary N) is 2. The van der Waals surface area contributed by atoms with E-state index in [1.807, 2.05) is 0 Å². The molecule has 1 aliphatic heterocycles. The van der Waals surface area contributed by atoms with E-state index in [0.29, 0.717) is 0 Å². The van der Waals surface area contributed by atoms with Crippen molar-refractivity contribution in [3.63, 3.8) is 0 Å². The molecule has 1 aliphatic carbocycles. The molecule has 0 saturated carbocycles. The van der Waals surface area contributed by atoms with Gasteiger partial charge in [0.15, 0.2) is 0 Å². The molecule has 1 heterocycles. The van der Waals surface area contributed by atoms with Crippen LogP contribution in [0.5, 0.6) is 0 Å². The zero-order chi connectivity index (χ0) is 15.0. The SMILES string of the molecule is Cc1ccc2c(c1)C(NC(=O)N(C)C)CC21CCNCC1. The molecule has 0 bridgehead atoms. The van der Waals surface area contributed by atoms with Gasteiger partial charge in [-0.1, -0.05) is 23.8 Å². The largest absolute Gasteiger partial charge is 0.331 e. The van der Waals surface area contributed by atoms with Gasteiger partial charge in [0, 0.05) is 19.5 Å². The molecule has 21 heavy (non-hydrogen) atoms. The fourth-order valence-electron chi connectivity index (χ4n) is 3.85. The number of hydrogen-bond donors (Lipinski definition) is 2. The van der Waals surface area contributed by atoms with E-state index in [1.54, 1.807) is 19.0 Å². The van der Waals surface area contributed by atoms with Gasteiger partial charge in [0.05, 0.1) is 6.04 Å². The number of rotatable bonds is 1. The maximum Gasteiger partial charge on any atom is 0.317 e. The highest BCUT2D eigenvalue weighted by molar-refractivity contribution is 5.74. The van der Waals surface area contributed by atoms with Crippen molar-refractivity contribution in [2.75, 3.05) is 27.2 Å². The van der Waals surface area contributed by atoms with E-state index in [-0.39, 0.29) is 17.5 Å². The summed E-state index contributed by atoms with van der Waals surface area (Å²) in [7, 11) is 3.59. The number of carbonyl (C=O) groups is 1. The van der Waals surface area contributed by atoms with E-state index in [2.05, 4.69) is 35.8 Å². The summed E-state index contributed by atoms with van der Waals surface area (Å²) in [4.78, 5) is 13.7. The fraction of sp³-hybridized carbons (Fsp3) is 0.588. The number of hydrogen-bond acceptors (Lipinski definition) is 2. The normalized spacial score (nSPS) is 22.9. The molecular weight excluding hydrogens is 262 g/mol. The van der Waals surface area contributed by atoms with Crippen LogP contribution in [0.3, 0.4) is 0 Å². The Morgan fingerprint density at radius 1 is 1.33 bits per heavy atom. The summed E-state index contributed by atoms with van der Waals surface area (Å²) >= 11 is 0. The van der Waals surface area contributed by atoms with Crippen molar-refractivity contribution in [1.29, 1.82) is 0 Å². The van der Waals surface area contributed by atoms with Gasteiger partial charge in [0.25, 0.3) is 0 Å². The van der Waals surface area contributed by atoms with Crippen molar-refractivity contribution in [3.05, 3.63) is 34.9 Å². The molecule has 3 rings (SSSR count). The number of fused-ring (bicyclic) bond motifs is 2. The molecule has 4 nitrogen and oxygen atoms in total. The summed E-state index contributed by atoms with van der Waals surface area (Å²) in [5.41, 5.74) is 4.30. The Hall–Kier alpha value is -1.55. The molecule has 1 fully saturated rings. The van der Waals surface area contributed by atoms with Crippen molar-refractivity contribution in [3.8, 4) is 0 Å². The summed E-state index contributed by atoms with van der Waals surface area (Å²) in [5, 5.41) is 6.66. The monoisotopic (exact) mass is 287 g/mol. The first-order valence-corrected chi connectivity index (χ1v) is 7.81. The van der Waals surface area contributed by atoms with Crippen LogP contribution in [-0.4, -0.2) is 38.1 Å². The van der Waals surface area contributed by atoms with E-state index >= 15 is 0 Å². The fourth-order valence-corrected chi connectivity index (χ4v) is 3.85.